The lowest BCUT2D eigenvalue weighted by Crippen LogP contribution is -2.59. The maximum atomic E-state index is 16.8. The Morgan fingerprint density at radius 3 is 2.81 bits per heavy atom. The standard InChI is InChI=1S/C31H32ClF2N7O2/c1-40-27-23-26(38-29(39-27)43-14-30-5-2-6-41(30)13-18(33)11-30)24(34)25(20-7-19(36)8-21(32)22(20)17-3-4-17)37-28(23)42-15-31(40)9-16(10-31)12-35/h7-8,16-18H,2-6,9-11,13-15,36H2,1H3/t16?,18-,30+,31?/m1/s1. The van der Waals surface area contributed by atoms with Crippen LogP contribution in [0.5, 0.6) is 11.9 Å². The number of aromatic nitrogens is 3. The number of fused-ring (bicyclic) bond motifs is 1. The molecule has 5 aliphatic rings. The van der Waals surface area contributed by atoms with Crippen LogP contribution in [0.4, 0.5) is 20.3 Å². The fourth-order valence-corrected chi connectivity index (χ4v) is 8.21. The molecule has 1 spiro atoms. The van der Waals surface area contributed by atoms with Crippen LogP contribution in [0.15, 0.2) is 12.1 Å². The highest BCUT2D eigenvalue weighted by Crippen LogP contribution is 2.52. The molecule has 2 N–H and O–H groups in total. The molecule has 2 aromatic heterocycles. The maximum Gasteiger partial charge on any atom is 0.319 e. The highest BCUT2D eigenvalue weighted by Gasteiger charge is 2.52. The minimum atomic E-state index is -0.902. The molecule has 1 aromatic carbocycles. The van der Waals surface area contributed by atoms with Gasteiger partial charge < -0.3 is 20.1 Å². The fourth-order valence-electron chi connectivity index (χ4n) is 7.83. The second kappa shape index (κ2) is 9.50. The molecular formula is C31H32ClF2N7O2. The average Bonchev–Trinajstić information content (AvgIpc) is 3.66. The molecule has 12 heteroatoms. The Kier molecular flexibility index (Phi) is 5.99. The third-order valence-electron chi connectivity index (χ3n) is 10.3. The zero-order valence-corrected chi connectivity index (χ0v) is 24.6. The number of nitrogens with zero attached hydrogens (tertiary/aromatic N) is 6. The van der Waals surface area contributed by atoms with Gasteiger partial charge in [-0.3, -0.25) is 4.90 Å². The summed E-state index contributed by atoms with van der Waals surface area (Å²) in [6, 6.07) is 5.75. The Balaban J connectivity index is 1.28. The van der Waals surface area contributed by atoms with Crippen molar-refractivity contribution < 1.29 is 18.3 Å². The monoisotopic (exact) mass is 607 g/mol. The first-order valence-electron chi connectivity index (χ1n) is 15.0. The summed E-state index contributed by atoms with van der Waals surface area (Å²) in [6.07, 6.45) is 4.35. The highest BCUT2D eigenvalue weighted by atomic mass is 35.5. The van der Waals surface area contributed by atoms with Crippen LogP contribution < -0.4 is 20.1 Å². The van der Waals surface area contributed by atoms with Crippen LogP contribution in [-0.2, 0) is 0 Å². The van der Waals surface area contributed by atoms with Crippen LogP contribution in [0, 0.1) is 23.1 Å². The Morgan fingerprint density at radius 1 is 1.23 bits per heavy atom. The van der Waals surface area contributed by atoms with Crippen molar-refractivity contribution in [3.05, 3.63) is 28.5 Å². The predicted octanol–water partition coefficient (Wildman–Crippen LogP) is 5.40. The number of ether oxygens (including phenoxy) is 2. The molecule has 2 atom stereocenters. The van der Waals surface area contributed by atoms with Crippen LogP contribution >= 0.6 is 11.6 Å². The van der Waals surface area contributed by atoms with E-state index in [-0.39, 0.29) is 48.2 Å². The Hall–Kier alpha value is -3.49. The number of nitrogen functional groups attached to an aromatic ring is 1. The van der Waals surface area contributed by atoms with Crippen LogP contribution in [0.25, 0.3) is 22.2 Å². The molecule has 3 aliphatic heterocycles. The largest absolute Gasteiger partial charge is 0.475 e. The lowest BCUT2D eigenvalue weighted by molar-refractivity contribution is 0.104. The number of likely N-dealkylation sites (N-methyl/N-ethyl adjacent to an activating group) is 1. The van der Waals surface area contributed by atoms with Crippen molar-refractivity contribution in [2.45, 2.75) is 68.1 Å². The summed E-state index contributed by atoms with van der Waals surface area (Å²) in [5, 5.41) is 10.4. The normalized spacial score (nSPS) is 29.7. The number of anilines is 2. The predicted molar refractivity (Wildman–Crippen MR) is 158 cm³/mol. The molecule has 0 amide bonds. The molecule has 8 rings (SSSR count). The lowest BCUT2D eigenvalue weighted by Gasteiger charge is -2.50. The summed E-state index contributed by atoms with van der Waals surface area (Å²) in [5.41, 5.74) is 7.10. The van der Waals surface area contributed by atoms with E-state index in [1.165, 1.54) is 0 Å². The number of halogens is 3. The van der Waals surface area contributed by atoms with Gasteiger partial charge in [0.15, 0.2) is 5.82 Å². The van der Waals surface area contributed by atoms with E-state index in [9.17, 15) is 9.65 Å². The van der Waals surface area contributed by atoms with E-state index in [1.807, 2.05) is 11.9 Å². The quantitative estimate of drug-likeness (QED) is 0.381. The summed E-state index contributed by atoms with van der Waals surface area (Å²) < 4.78 is 43.8. The van der Waals surface area contributed by atoms with Crippen molar-refractivity contribution in [2.75, 3.05) is 44.0 Å². The topological polar surface area (TPSA) is 113 Å². The number of nitrogens with two attached hydrogens (primary N) is 1. The van der Waals surface area contributed by atoms with E-state index >= 15 is 4.39 Å². The number of hydrogen-bond acceptors (Lipinski definition) is 9. The van der Waals surface area contributed by atoms with E-state index in [0.29, 0.717) is 53.3 Å². The van der Waals surface area contributed by atoms with E-state index in [0.717, 1.165) is 37.8 Å². The smallest absolute Gasteiger partial charge is 0.319 e. The molecule has 9 nitrogen and oxygen atoms in total. The van der Waals surface area contributed by atoms with E-state index < -0.39 is 23.1 Å². The van der Waals surface area contributed by atoms with Crippen LogP contribution in [0.2, 0.25) is 5.02 Å². The van der Waals surface area contributed by atoms with Crippen LogP contribution in [0.1, 0.15) is 56.4 Å². The zero-order chi connectivity index (χ0) is 29.7. The molecule has 0 radical (unpaired) electrons. The molecule has 5 heterocycles. The molecule has 2 saturated carbocycles. The van der Waals surface area contributed by atoms with Crippen molar-refractivity contribution in [3.8, 4) is 29.2 Å². The minimum Gasteiger partial charge on any atom is -0.475 e. The summed E-state index contributed by atoms with van der Waals surface area (Å²) in [6.45, 7) is 1.69. The molecule has 4 fully saturated rings. The van der Waals surface area contributed by atoms with Gasteiger partial charge in [0, 0.05) is 36.3 Å². The van der Waals surface area contributed by atoms with Gasteiger partial charge >= 0.3 is 6.01 Å². The Morgan fingerprint density at radius 2 is 2.05 bits per heavy atom. The van der Waals surface area contributed by atoms with Gasteiger partial charge in [0.25, 0.3) is 0 Å². The third-order valence-corrected chi connectivity index (χ3v) is 10.6. The van der Waals surface area contributed by atoms with Gasteiger partial charge in [-0.1, -0.05) is 11.6 Å². The van der Waals surface area contributed by atoms with Gasteiger partial charge in [-0.05, 0) is 68.7 Å². The SMILES string of the molecule is CN1c2nc(OC[C@@]34CCCN3C[C@H](F)C4)nc3c(F)c(-c4cc(N)cc(Cl)c4C4CC4)nc(c23)OCC12CC(C#N)C2. The number of rotatable bonds is 5. The molecule has 0 bridgehead atoms. The maximum absolute atomic E-state index is 16.8. The van der Waals surface area contributed by atoms with Crippen molar-refractivity contribution in [1.82, 2.24) is 19.9 Å². The Bertz CT molecular complexity index is 1710. The summed E-state index contributed by atoms with van der Waals surface area (Å²) >= 11 is 6.65. The molecular weight excluding hydrogens is 576 g/mol. The van der Waals surface area contributed by atoms with Crippen molar-refractivity contribution in [1.29, 1.82) is 5.26 Å². The summed E-state index contributed by atoms with van der Waals surface area (Å²) in [7, 11) is 1.88. The van der Waals surface area contributed by atoms with Gasteiger partial charge in [-0.2, -0.15) is 15.2 Å². The van der Waals surface area contributed by atoms with Crippen LogP contribution in [0.3, 0.4) is 0 Å². The van der Waals surface area contributed by atoms with E-state index in [4.69, 9.17) is 36.8 Å². The van der Waals surface area contributed by atoms with Gasteiger partial charge in [0.05, 0.1) is 23.1 Å². The molecule has 2 saturated heterocycles. The summed E-state index contributed by atoms with van der Waals surface area (Å²) in [4.78, 5) is 18.2. The minimum absolute atomic E-state index is 0.0149. The van der Waals surface area contributed by atoms with Gasteiger partial charge in [-0.15, -0.1) is 0 Å². The van der Waals surface area contributed by atoms with Gasteiger partial charge in [0.1, 0.15) is 41.8 Å². The molecule has 0 unspecified atom stereocenters. The second-order valence-corrected chi connectivity index (χ2v) is 13.4. The van der Waals surface area contributed by atoms with Crippen molar-refractivity contribution >= 4 is 34.0 Å². The molecule has 2 aliphatic carbocycles. The van der Waals surface area contributed by atoms with Gasteiger partial charge in [0.2, 0.25) is 5.88 Å². The van der Waals surface area contributed by atoms with E-state index in [2.05, 4.69) is 16.0 Å². The fraction of sp³-hybridized carbons (Fsp3) is 0.548. The number of alkyl halides is 1. The Labute approximate surface area is 252 Å². The van der Waals surface area contributed by atoms with E-state index in [1.54, 1.807) is 12.1 Å². The lowest BCUT2D eigenvalue weighted by atomic mass is 9.68. The molecule has 224 valence electrons. The second-order valence-electron chi connectivity index (χ2n) is 13.0. The molecule has 43 heavy (non-hydrogen) atoms. The first-order chi connectivity index (χ1) is 20.7. The highest BCUT2D eigenvalue weighted by molar-refractivity contribution is 6.32. The number of pyridine rings is 1. The average molecular weight is 608 g/mol. The van der Waals surface area contributed by atoms with Gasteiger partial charge in [-0.25, -0.2) is 13.8 Å². The number of nitriles is 1. The zero-order valence-electron chi connectivity index (χ0n) is 23.9. The van der Waals surface area contributed by atoms with Crippen LogP contribution in [-0.4, -0.2) is 70.5 Å². The molecule has 3 aromatic rings. The number of benzene rings is 1. The number of hydrogen-bond donors (Lipinski definition) is 1. The summed E-state index contributed by atoms with van der Waals surface area (Å²) in [5.74, 6) is 0.100. The van der Waals surface area contributed by atoms with Crippen molar-refractivity contribution in [2.24, 2.45) is 5.92 Å². The first-order valence-corrected chi connectivity index (χ1v) is 15.4. The third kappa shape index (κ3) is 4.13. The first kappa shape index (κ1) is 27.1. The van der Waals surface area contributed by atoms with Crippen molar-refractivity contribution in [3.63, 3.8) is 0 Å².